The van der Waals surface area contributed by atoms with Crippen LogP contribution in [0.5, 0.6) is 0 Å². The van der Waals surface area contributed by atoms with Gasteiger partial charge in [0.25, 0.3) is 0 Å². The summed E-state index contributed by atoms with van der Waals surface area (Å²) >= 11 is 0. The molecule has 0 aliphatic rings. The van der Waals surface area contributed by atoms with Crippen molar-refractivity contribution in [1.82, 2.24) is 10.2 Å². The molecule has 7 heteroatoms. The number of amides is 2. The van der Waals surface area contributed by atoms with Gasteiger partial charge in [0.2, 0.25) is 0 Å². The highest BCUT2D eigenvalue weighted by molar-refractivity contribution is 5.76. The van der Waals surface area contributed by atoms with E-state index in [4.69, 9.17) is 5.11 Å². The van der Waals surface area contributed by atoms with Crippen molar-refractivity contribution < 1.29 is 24.2 Å². The van der Waals surface area contributed by atoms with Crippen LogP contribution in [0.4, 0.5) is 4.79 Å². The van der Waals surface area contributed by atoms with Crippen LogP contribution >= 0.6 is 0 Å². The summed E-state index contributed by atoms with van der Waals surface area (Å²) in [6, 6.07) is -0.779. The molecule has 0 aliphatic heterocycles. The van der Waals surface area contributed by atoms with E-state index in [9.17, 15) is 14.4 Å². The zero-order valence-electron chi connectivity index (χ0n) is 11.6. The van der Waals surface area contributed by atoms with E-state index in [-0.39, 0.29) is 25.4 Å². The van der Waals surface area contributed by atoms with Crippen molar-refractivity contribution in [3.63, 3.8) is 0 Å². The molecule has 0 bridgehead atoms. The molecule has 7 nitrogen and oxygen atoms in total. The summed E-state index contributed by atoms with van der Waals surface area (Å²) in [6.07, 6.45) is 1.38. The molecule has 2 N–H and O–H groups in total. The average Bonchev–Trinajstić information content (AvgIpc) is 2.34. The first-order valence-electron chi connectivity index (χ1n) is 6.20. The molecule has 110 valence electrons. The summed E-state index contributed by atoms with van der Waals surface area (Å²) in [5, 5.41) is 11.4. The second-order valence-electron chi connectivity index (χ2n) is 4.28. The van der Waals surface area contributed by atoms with Crippen molar-refractivity contribution in [1.29, 1.82) is 0 Å². The summed E-state index contributed by atoms with van der Waals surface area (Å²) < 4.78 is 4.48. The van der Waals surface area contributed by atoms with Crippen LogP contribution in [0.2, 0.25) is 0 Å². The molecular formula is C12H22N2O5. The van der Waals surface area contributed by atoms with Crippen LogP contribution in [-0.2, 0) is 14.3 Å². The van der Waals surface area contributed by atoms with E-state index in [1.807, 2.05) is 6.92 Å². The molecule has 0 saturated carbocycles. The number of ether oxygens (including phenoxy) is 1. The maximum Gasteiger partial charge on any atom is 0.317 e. The van der Waals surface area contributed by atoms with Gasteiger partial charge in [-0.05, 0) is 6.42 Å². The van der Waals surface area contributed by atoms with Gasteiger partial charge in [0.15, 0.2) is 0 Å². The third kappa shape index (κ3) is 8.01. The maximum atomic E-state index is 11.8. The Morgan fingerprint density at radius 2 is 2.00 bits per heavy atom. The zero-order chi connectivity index (χ0) is 14.8. The van der Waals surface area contributed by atoms with Gasteiger partial charge in [0, 0.05) is 19.6 Å². The number of rotatable bonds is 8. The molecule has 1 unspecified atom stereocenters. The van der Waals surface area contributed by atoms with Gasteiger partial charge in [0.1, 0.15) is 0 Å². The number of hydrogen-bond acceptors (Lipinski definition) is 4. The van der Waals surface area contributed by atoms with Crippen LogP contribution in [0.25, 0.3) is 0 Å². The first kappa shape index (κ1) is 17.2. The van der Waals surface area contributed by atoms with Gasteiger partial charge in [-0.2, -0.15) is 0 Å². The SMILES string of the molecule is CCCC(CC(=O)O)NC(=O)N(C)CCC(=O)OC. The van der Waals surface area contributed by atoms with E-state index >= 15 is 0 Å². The quantitative estimate of drug-likeness (QED) is 0.639. The number of hydrogen-bond donors (Lipinski definition) is 2. The molecule has 0 saturated heterocycles. The van der Waals surface area contributed by atoms with Crippen LogP contribution in [0.1, 0.15) is 32.6 Å². The van der Waals surface area contributed by atoms with Crippen molar-refractivity contribution >= 4 is 18.0 Å². The fourth-order valence-corrected chi connectivity index (χ4v) is 1.53. The fourth-order valence-electron chi connectivity index (χ4n) is 1.53. The van der Waals surface area contributed by atoms with Gasteiger partial charge in [-0.1, -0.05) is 13.3 Å². The Hall–Kier alpha value is -1.79. The topological polar surface area (TPSA) is 95.9 Å². The van der Waals surface area contributed by atoms with Crippen LogP contribution in [0.3, 0.4) is 0 Å². The highest BCUT2D eigenvalue weighted by Crippen LogP contribution is 2.03. The molecule has 0 radical (unpaired) electrons. The number of urea groups is 1. The highest BCUT2D eigenvalue weighted by Gasteiger charge is 2.17. The largest absolute Gasteiger partial charge is 0.481 e. The lowest BCUT2D eigenvalue weighted by atomic mass is 10.1. The predicted molar refractivity (Wildman–Crippen MR) is 68.7 cm³/mol. The lowest BCUT2D eigenvalue weighted by Crippen LogP contribution is -2.44. The summed E-state index contributed by atoms with van der Waals surface area (Å²) in [4.78, 5) is 34.7. The normalized spacial score (nSPS) is 11.5. The molecule has 0 aliphatic carbocycles. The minimum Gasteiger partial charge on any atom is -0.481 e. The molecule has 0 heterocycles. The number of carbonyl (C=O) groups excluding carboxylic acids is 2. The number of carboxylic acids is 1. The van der Waals surface area contributed by atoms with Crippen molar-refractivity contribution in [3.8, 4) is 0 Å². The third-order valence-corrected chi connectivity index (χ3v) is 2.61. The van der Waals surface area contributed by atoms with Crippen LogP contribution in [0.15, 0.2) is 0 Å². The van der Waals surface area contributed by atoms with Crippen molar-refractivity contribution in [2.75, 3.05) is 20.7 Å². The summed E-state index contributed by atoms with van der Waals surface area (Å²) in [5.41, 5.74) is 0. The lowest BCUT2D eigenvalue weighted by Gasteiger charge is -2.22. The second kappa shape index (κ2) is 9.18. The van der Waals surface area contributed by atoms with E-state index in [0.717, 1.165) is 6.42 Å². The van der Waals surface area contributed by atoms with Crippen LogP contribution < -0.4 is 5.32 Å². The number of carboxylic acid groups (broad SMARTS) is 1. The smallest absolute Gasteiger partial charge is 0.317 e. The Balaban J connectivity index is 4.22. The average molecular weight is 274 g/mol. The number of nitrogens with zero attached hydrogens (tertiary/aromatic N) is 1. The fraction of sp³-hybridized carbons (Fsp3) is 0.750. The summed E-state index contributed by atoms with van der Waals surface area (Å²) in [5.74, 6) is -1.34. The molecule has 0 fully saturated rings. The third-order valence-electron chi connectivity index (χ3n) is 2.61. The number of nitrogens with one attached hydrogen (secondary N) is 1. The van der Waals surface area contributed by atoms with Gasteiger partial charge >= 0.3 is 18.0 Å². The summed E-state index contributed by atoms with van der Waals surface area (Å²) in [6.45, 7) is 2.15. The van der Waals surface area contributed by atoms with E-state index in [1.165, 1.54) is 12.0 Å². The van der Waals surface area contributed by atoms with E-state index in [2.05, 4.69) is 10.1 Å². The van der Waals surface area contributed by atoms with Gasteiger partial charge in [-0.25, -0.2) is 4.79 Å². The first-order valence-corrected chi connectivity index (χ1v) is 6.20. The monoisotopic (exact) mass is 274 g/mol. The van der Waals surface area contributed by atoms with Crippen molar-refractivity contribution in [3.05, 3.63) is 0 Å². The Morgan fingerprint density at radius 3 is 2.47 bits per heavy atom. The minimum atomic E-state index is -0.948. The van der Waals surface area contributed by atoms with E-state index in [0.29, 0.717) is 6.42 Å². The molecular weight excluding hydrogens is 252 g/mol. The lowest BCUT2D eigenvalue weighted by molar-refractivity contribution is -0.140. The highest BCUT2D eigenvalue weighted by atomic mass is 16.5. The first-order chi connectivity index (χ1) is 8.90. The van der Waals surface area contributed by atoms with Crippen molar-refractivity contribution in [2.45, 2.75) is 38.6 Å². The van der Waals surface area contributed by atoms with E-state index in [1.54, 1.807) is 7.05 Å². The molecule has 0 aromatic rings. The molecule has 2 amide bonds. The standard InChI is InChI=1S/C12H22N2O5/c1-4-5-9(8-10(15)16)13-12(18)14(2)7-6-11(17)19-3/h9H,4-8H2,1-3H3,(H,13,18)(H,15,16). The Morgan fingerprint density at radius 1 is 1.37 bits per heavy atom. The number of methoxy groups -OCH3 is 1. The van der Waals surface area contributed by atoms with Crippen LogP contribution in [0, 0.1) is 0 Å². The number of carbonyl (C=O) groups is 3. The second-order valence-corrected chi connectivity index (χ2v) is 4.28. The number of aliphatic carboxylic acids is 1. The molecule has 0 rings (SSSR count). The van der Waals surface area contributed by atoms with Gasteiger partial charge in [0.05, 0.1) is 20.0 Å². The predicted octanol–water partition coefficient (Wildman–Crippen LogP) is 0.834. The molecule has 0 aromatic heterocycles. The van der Waals surface area contributed by atoms with Gasteiger partial charge in [-0.3, -0.25) is 9.59 Å². The Kier molecular flexibility index (Phi) is 8.32. The molecule has 19 heavy (non-hydrogen) atoms. The Bertz CT molecular complexity index is 319. The summed E-state index contributed by atoms with van der Waals surface area (Å²) in [7, 11) is 2.83. The molecule has 0 aromatic carbocycles. The molecule has 1 atom stereocenters. The van der Waals surface area contributed by atoms with Gasteiger partial charge < -0.3 is 20.1 Å². The van der Waals surface area contributed by atoms with Crippen molar-refractivity contribution in [2.24, 2.45) is 0 Å². The van der Waals surface area contributed by atoms with E-state index < -0.39 is 18.0 Å². The molecule has 0 spiro atoms. The van der Waals surface area contributed by atoms with Crippen LogP contribution in [-0.4, -0.2) is 54.7 Å². The minimum absolute atomic E-state index is 0.107. The zero-order valence-corrected chi connectivity index (χ0v) is 11.6. The Labute approximate surface area is 112 Å². The van der Waals surface area contributed by atoms with Gasteiger partial charge in [-0.15, -0.1) is 0 Å². The maximum absolute atomic E-state index is 11.8. The number of esters is 1.